The second kappa shape index (κ2) is 10.5. The summed E-state index contributed by atoms with van der Waals surface area (Å²) in [6, 6.07) is 19.4. The number of thioether (sulfide) groups is 1. The molecule has 150 valence electrons. The smallest absolute Gasteiger partial charge is 0.230 e. The summed E-state index contributed by atoms with van der Waals surface area (Å²) < 4.78 is 7.68. The van der Waals surface area contributed by atoms with Crippen molar-refractivity contribution < 1.29 is 9.53 Å². The monoisotopic (exact) mass is 408 g/mol. The Morgan fingerprint density at radius 3 is 2.55 bits per heavy atom. The van der Waals surface area contributed by atoms with Gasteiger partial charge in [0.25, 0.3) is 0 Å². The van der Waals surface area contributed by atoms with E-state index in [0.29, 0.717) is 24.1 Å². The van der Waals surface area contributed by atoms with E-state index in [0.717, 1.165) is 11.3 Å². The molecule has 0 saturated heterocycles. The third-order valence-electron chi connectivity index (χ3n) is 4.23. The Balaban J connectivity index is 1.57. The van der Waals surface area contributed by atoms with E-state index in [1.54, 1.807) is 6.08 Å². The van der Waals surface area contributed by atoms with Crippen LogP contribution in [0.1, 0.15) is 24.4 Å². The molecule has 0 aliphatic rings. The standard InChI is InChI=1S/C22H24N4O2S/c1-3-14-26-20(15-28-19-12-8-5-9-13-19)24-25-22(26)29-16-21(27)23-17(2)18-10-6-4-7-11-18/h3-13,17H,1,14-16H2,2H3,(H,23,27). The van der Waals surface area contributed by atoms with Crippen LogP contribution in [-0.2, 0) is 17.9 Å². The number of allylic oxidation sites excluding steroid dienone is 1. The number of carbonyl (C=O) groups is 1. The van der Waals surface area contributed by atoms with Gasteiger partial charge in [0.15, 0.2) is 11.0 Å². The van der Waals surface area contributed by atoms with Gasteiger partial charge in [0.1, 0.15) is 12.4 Å². The molecule has 1 unspecified atom stereocenters. The van der Waals surface area contributed by atoms with E-state index >= 15 is 0 Å². The van der Waals surface area contributed by atoms with Crippen molar-refractivity contribution in [1.82, 2.24) is 20.1 Å². The molecule has 0 aliphatic carbocycles. The third-order valence-corrected chi connectivity index (χ3v) is 5.19. The van der Waals surface area contributed by atoms with E-state index in [1.165, 1.54) is 11.8 Å². The van der Waals surface area contributed by atoms with Gasteiger partial charge in [0, 0.05) is 6.54 Å². The van der Waals surface area contributed by atoms with Crippen molar-refractivity contribution in [1.29, 1.82) is 0 Å². The molecule has 0 fully saturated rings. The Morgan fingerprint density at radius 2 is 1.86 bits per heavy atom. The largest absolute Gasteiger partial charge is 0.486 e. The molecule has 1 amide bonds. The van der Waals surface area contributed by atoms with E-state index in [4.69, 9.17) is 4.74 Å². The number of aromatic nitrogens is 3. The summed E-state index contributed by atoms with van der Waals surface area (Å²) in [6.45, 7) is 6.61. The molecule has 1 atom stereocenters. The van der Waals surface area contributed by atoms with E-state index in [9.17, 15) is 4.79 Å². The van der Waals surface area contributed by atoms with Gasteiger partial charge in [-0.05, 0) is 24.6 Å². The molecule has 0 saturated carbocycles. The molecule has 1 heterocycles. The number of nitrogens with one attached hydrogen (secondary N) is 1. The molecule has 1 N–H and O–H groups in total. The van der Waals surface area contributed by atoms with Crippen LogP contribution in [0.5, 0.6) is 5.75 Å². The highest BCUT2D eigenvalue weighted by Gasteiger charge is 2.15. The molecule has 6 nitrogen and oxygen atoms in total. The molecular formula is C22H24N4O2S. The number of carbonyl (C=O) groups excluding carboxylic acids is 1. The van der Waals surface area contributed by atoms with Gasteiger partial charge in [0.05, 0.1) is 11.8 Å². The molecule has 29 heavy (non-hydrogen) atoms. The summed E-state index contributed by atoms with van der Waals surface area (Å²) >= 11 is 1.35. The van der Waals surface area contributed by atoms with Crippen LogP contribution in [0.15, 0.2) is 78.5 Å². The fraction of sp³-hybridized carbons (Fsp3) is 0.227. The lowest BCUT2D eigenvalue weighted by molar-refractivity contribution is -0.119. The minimum atomic E-state index is -0.0541. The number of rotatable bonds is 10. The normalized spacial score (nSPS) is 11.6. The van der Waals surface area contributed by atoms with Gasteiger partial charge >= 0.3 is 0 Å². The number of ether oxygens (including phenoxy) is 1. The number of benzene rings is 2. The summed E-state index contributed by atoms with van der Waals surface area (Å²) in [6.07, 6.45) is 1.77. The number of nitrogens with zero attached hydrogens (tertiary/aromatic N) is 3. The highest BCUT2D eigenvalue weighted by atomic mass is 32.2. The minimum Gasteiger partial charge on any atom is -0.486 e. The maximum Gasteiger partial charge on any atom is 0.230 e. The lowest BCUT2D eigenvalue weighted by Gasteiger charge is -2.14. The molecule has 0 spiro atoms. The van der Waals surface area contributed by atoms with Crippen molar-refractivity contribution >= 4 is 17.7 Å². The van der Waals surface area contributed by atoms with E-state index < -0.39 is 0 Å². The zero-order valence-electron chi connectivity index (χ0n) is 16.3. The zero-order chi connectivity index (χ0) is 20.5. The van der Waals surface area contributed by atoms with Gasteiger partial charge in [-0.3, -0.25) is 9.36 Å². The topological polar surface area (TPSA) is 69.0 Å². The van der Waals surface area contributed by atoms with Gasteiger partial charge in [-0.15, -0.1) is 16.8 Å². The van der Waals surface area contributed by atoms with Crippen LogP contribution >= 0.6 is 11.8 Å². The Morgan fingerprint density at radius 1 is 1.17 bits per heavy atom. The summed E-state index contributed by atoms with van der Waals surface area (Å²) in [5, 5.41) is 12.1. The van der Waals surface area contributed by atoms with Crippen molar-refractivity contribution in [3.8, 4) is 5.75 Å². The second-order valence-electron chi connectivity index (χ2n) is 6.39. The van der Waals surface area contributed by atoms with Gasteiger partial charge < -0.3 is 10.1 Å². The minimum absolute atomic E-state index is 0.0508. The van der Waals surface area contributed by atoms with Gasteiger partial charge in [-0.1, -0.05) is 66.4 Å². The molecule has 0 bridgehead atoms. The van der Waals surface area contributed by atoms with Crippen molar-refractivity contribution in [2.24, 2.45) is 0 Å². The fourth-order valence-corrected chi connectivity index (χ4v) is 3.53. The number of para-hydroxylation sites is 1. The first-order chi connectivity index (χ1) is 14.2. The van der Waals surface area contributed by atoms with Crippen LogP contribution in [-0.4, -0.2) is 26.4 Å². The van der Waals surface area contributed by atoms with Crippen LogP contribution in [0.25, 0.3) is 0 Å². The molecule has 3 rings (SSSR count). The number of hydrogen-bond acceptors (Lipinski definition) is 5. The van der Waals surface area contributed by atoms with E-state index in [-0.39, 0.29) is 17.7 Å². The van der Waals surface area contributed by atoms with Crippen LogP contribution in [0, 0.1) is 0 Å². The Hall–Kier alpha value is -3.06. The van der Waals surface area contributed by atoms with Gasteiger partial charge in [-0.2, -0.15) is 0 Å². The highest BCUT2D eigenvalue weighted by molar-refractivity contribution is 7.99. The third kappa shape index (κ3) is 5.96. The molecule has 3 aromatic rings. The maximum atomic E-state index is 12.4. The second-order valence-corrected chi connectivity index (χ2v) is 7.33. The molecule has 0 aliphatic heterocycles. The van der Waals surface area contributed by atoms with Crippen molar-refractivity contribution in [3.05, 3.63) is 84.7 Å². The summed E-state index contributed by atoms with van der Waals surface area (Å²) in [5.74, 6) is 1.66. The van der Waals surface area contributed by atoms with Crippen molar-refractivity contribution in [2.75, 3.05) is 5.75 Å². The number of hydrogen-bond donors (Lipinski definition) is 1. The molecule has 1 aromatic heterocycles. The first kappa shape index (κ1) is 20.7. The average Bonchev–Trinajstić information content (AvgIpc) is 3.14. The highest BCUT2D eigenvalue weighted by Crippen LogP contribution is 2.19. The Labute approximate surface area is 175 Å². The fourth-order valence-electron chi connectivity index (χ4n) is 2.75. The Bertz CT molecular complexity index is 929. The first-order valence-electron chi connectivity index (χ1n) is 9.35. The maximum absolute atomic E-state index is 12.4. The van der Waals surface area contributed by atoms with Crippen LogP contribution in [0.2, 0.25) is 0 Å². The molecule has 0 radical (unpaired) electrons. The van der Waals surface area contributed by atoms with Gasteiger partial charge in [0.2, 0.25) is 5.91 Å². The zero-order valence-corrected chi connectivity index (χ0v) is 17.1. The predicted octanol–water partition coefficient (Wildman–Crippen LogP) is 4.01. The Kier molecular flexibility index (Phi) is 7.47. The first-order valence-corrected chi connectivity index (χ1v) is 10.3. The van der Waals surface area contributed by atoms with Gasteiger partial charge in [-0.25, -0.2) is 0 Å². The molecule has 2 aromatic carbocycles. The summed E-state index contributed by atoms with van der Waals surface area (Å²) in [7, 11) is 0. The average molecular weight is 409 g/mol. The van der Waals surface area contributed by atoms with E-state index in [2.05, 4.69) is 22.1 Å². The van der Waals surface area contributed by atoms with E-state index in [1.807, 2.05) is 72.2 Å². The van der Waals surface area contributed by atoms with Crippen LogP contribution in [0.3, 0.4) is 0 Å². The SMILES string of the molecule is C=CCn1c(COc2ccccc2)nnc1SCC(=O)NC(C)c1ccccc1. The quantitative estimate of drug-likeness (QED) is 0.405. The molecule has 7 heteroatoms. The van der Waals surface area contributed by atoms with Crippen LogP contribution < -0.4 is 10.1 Å². The van der Waals surface area contributed by atoms with Crippen LogP contribution in [0.4, 0.5) is 0 Å². The van der Waals surface area contributed by atoms with Crippen molar-refractivity contribution in [2.45, 2.75) is 31.3 Å². The number of amides is 1. The molecular weight excluding hydrogens is 384 g/mol. The predicted molar refractivity (Wildman–Crippen MR) is 115 cm³/mol. The lowest BCUT2D eigenvalue weighted by atomic mass is 10.1. The van der Waals surface area contributed by atoms with Crippen molar-refractivity contribution in [3.63, 3.8) is 0 Å². The lowest BCUT2D eigenvalue weighted by Crippen LogP contribution is -2.28. The summed E-state index contributed by atoms with van der Waals surface area (Å²) in [5.41, 5.74) is 1.07. The summed E-state index contributed by atoms with van der Waals surface area (Å²) in [4.78, 5) is 12.4.